The Morgan fingerprint density at radius 2 is 2.14 bits per heavy atom. The summed E-state index contributed by atoms with van der Waals surface area (Å²) in [5, 5.41) is 13.8. The van der Waals surface area contributed by atoms with Crippen LogP contribution in [0.25, 0.3) is 0 Å². The third-order valence-corrected chi connectivity index (χ3v) is 3.44. The van der Waals surface area contributed by atoms with Crippen molar-refractivity contribution < 1.29 is 14.3 Å². The Bertz CT molecular complexity index is 551. The molecule has 0 bridgehead atoms. The molecule has 21 heavy (non-hydrogen) atoms. The molecule has 0 fully saturated rings. The van der Waals surface area contributed by atoms with Crippen LogP contribution in [-0.4, -0.2) is 17.8 Å². The van der Waals surface area contributed by atoms with Gasteiger partial charge in [0.15, 0.2) is 0 Å². The molecular weight excluding hydrogens is 266 g/mol. The maximum Gasteiger partial charge on any atom is 0.125 e. The largest absolute Gasteiger partial charge is 0.493 e. The van der Waals surface area contributed by atoms with E-state index in [1.165, 1.54) is 0 Å². The zero-order valence-electron chi connectivity index (χ0n) is 12.8. The molecule has 0 radical (unpaired) electrons. The quantitative estimate of drug-likeness (QED) is 0.822. The van der Waals surface area contributed by atoms with Gasteiger partial charge < -0.3 is 19.6 Å². The van der Waals surface area contributed by atoms with Crippen LogP contribution in [0.4, 0.5) is 0 Å². The Balaban J connectivity index is 2.07. The number of hydrogen-bond acceptors (Lipinski definition) is 4. The third-order valence-electron chi connectivity index (χ3n) is 3.44. The Kier molecular flexibility index (Phi) is 5.42. The highest BCUT2D eigenvalue weighted by Gasteiger charge is 2.20. The van der Waals surface area contributed by atoms with Gasteiger partial charge in [0.2, 0.25) is 0 Å². The fourth-order valence-corrected chi connectivity index (χ4v) is 2.24. The van der Waals surface area contributed by atoms with Gasteiger partial charge in [0.05, 0.1) is 25.5 Å². The second kappa shape index (κ2) is 7.29. The predicted molar refractivity (Wildman–Crippen MR) is 82.3 cm³/mol. The Morgan fingerprint density at radius 1 is 1.33 bits per heavy atom. The average molecular weight is 289 g/mol. The maximum atomic E-state index is 10.6. The normalized spacial score (nSPS) is 13.9. The molecule has 0 amide bonds. The van der Waals surface area contributed by atoms with E-state index in [1.807, 2.05) is 51.1 Å². The average Bonchev–Trinajstić information content (AvgIpc) is 2.99. The molecule has 0 spiro atoms. The minimum atomic E-state index is -0.638. The van der Waals surface area contributed by atoms with Crippen molar-refractivity contribution in [2.45, 2.75) is 39.5 Å². The summed E-state index contributed by atoms with van der Waals surface area (Å²) in [5.41, 5.74) is 1.92. The summed E-state index contributed by atoms with van der Waals surface area (Å²) in [7, 11) is 0. The van der Waals surface area contributed by atoms with Crippen molar-refractivity contribution in [1.29, 1.82) is 0 Å². The number of nitrogens with one attached hydrogen (secondary N) is 1. The van der Waals surface area contributed by atoms with Gasteiger partial charge in [-0.15, -0.1) is 0 Å². The molecule has 1 aromatic carbocycles. The van der Waals surface area contributed by atoms with Gasteiger partial charge in [-0.2, -0.15) is 0 Å². The van der Waals surface area contributed by atoms with Gasteiger partial charge in [0.1, 0.15) is 11.5 Å². The summed E-state index contributed by atoms with van der Waals surface area (Å²) in [6, 6.07) is 9.52. The van der Waals surface area contributed by atoms with E-state index in [-0.39, 0.29) is 6.04 Å². The van der Waals surface area contributed by atoms with Gasteiger partial charge >= 0.3 is 0 Å². The molecule has 1 aromatic heterocycles. The number of furan rings is 1. The maximum absolute atomic E-state index is 10.6. The van der Waals surface area contributed by atoms with Crippen LogP contribution in [0, 0.1) is 6.92 Å². The lowest BCUT2D eigenvalue weighted by Gasteiger charge is -2.23. The summed E-state index contributed by atoms with van der Waals surface area (Å²) >= 11 is 0. The van der Waals surface area contributed by atoms with Crippen molar-refractivity contribution in [2.24, 2.45) is 0 Å². The molecule has 0 saturated carbocycles. The lowest BCUT2D eigenvalue weighted by molar-refractivity contribution is 0.130. The van der Waals surface area contributed by atoms with Crippen molar-refractivity contribution in [2.75, 3.05) is 6.61 Å². The highest BCUT2D eigenvalue weighted by atomic mass is 16.5. The fraction of sp³-hybridized carbons (Fsp3) is 0.412. The van der Waals surface area contributed by atoms with E-state index in [0.717, 1.165) is 22.6 Å². The van der Waals surface area contributed by atoms with Crippen molar-refractivity contribution in [1.82, 2.24) is 5.32 Å². The van der Waals surface area contributed by atoms with Crippen LogP contribution in [0.3, 0.4) is 0 Å². The number of aliphatic hydroxyl groups is 1. The standard InChI is InChI=1S/C17H23NO3/c1-4-20-16-8-7-12(2)10-15(16)17(19)13(3)18-11-14-6-5-9-21-14/h5-10,13,17-19H,4,11H2,1-3H3. The topological polar surface area (TPSA) is 54.6 Å². The number of aliphatic hydroxyl groups excluding tert-OH is 1. The minimum absolute atomic E-state index is 0.115. The van der Waals surface area contributed by atoms with E-state index in [9.17, 15) is 5.11 Å². The summed E-state index contributed by atoms with van der Waals surface area (Å²) in [5.74, 6) is 1.59. The molecular formula is C17H23NO3. The number of hydrogen-bond donors (Lipinski definition) is 2. The number of ether oxygens (including phenoxy) is 1. The zero-order valence-corrected chi connectivity index (χ0v) is 12.8. The Labute approximate surface area is 125 Å². The molecule has 0 saturated heterocycles. The molecule has 4 heteroatoms. The molecule has 2 rings (SSSR count). The van der Waals surface area contributed by atoms with E-state index in [4.69, 9.17) is 9.15 Å². The fourth-order valence-electron chi connectivity index (χ4n) is 2.24. The molecule has 2 atom stereocenters. The third kappa shape index (κ3) is 4.09. The first-order chi connectivity index (χ1) is 10.1. The van der Waals surface area contributed by atoms with Crippen molar-refractivity contribution >= 4 is 0 Å². The lowest BCUT2D eigenvalue weighted by Crippen LogP contribution is -2.31. The SMILES string of the molecule is CCOc1ccc(C)cc1C(O)C(C)NCc1ccco1. The van der Waals surface area contributed by atoms with E-state index in [2.05, 4.69) is 5.32 Å². The van der Waals surface area contributed by atoms with Crippen LogP contribution >= 0.6 is 0 Å². The predicted octanol–water partition coefficient (Wildman–Crippen LogP) is 3.20. The summed E-state index contributed by atoms with van der Waals surface area (Å²) in [4.78, 5) is 0. The number of benzene rings is 1. The smallest absolute Gasteiger partial charge is 0.125 e. The second-order valence-corrected chi connectivity index (χ2v) is 5.17. The Hall–Kier alpha value is -1.78. The van der Waals surface area contributed by atoms with Gasteiger partial charge in [-0.3, -0.25) is 0 Å². The molecule has 114 valence electrons. The molecule has 0 aliphatic rings. The van der Waals surface area contributed by atoms with E-state index >= 15 is 0 Å². The van der Waals surface area contributed by atoms with Gasteiger partial charge in [0.25, 0.3) is 0 Å². The molecule has 2 unspecified atom stereocenters. The second-order valence-electron chi connectivity index (χ2n) is 5.17. The molecule has 4 nitrogen and oxygen atoms in total. The van der Waals surface area contributed by atoms with Crippen LogP contribution in [0.2, 0.25) is 0 Å². The number of rotatable bonds is 7. The van der Waals surface area contributed by atoms with Gasteiger partial charge in [0, 0.05) is 11.6 Å². The molecule has 2 N–H and O–H groups in total. The van der Waals surface area contributed by atoms with Crippen LogP contribution in [0.15, 0.2) is 41.0 Å². The van der Waals surface area contributed by atoms with Gasteiger partial charge in [-0.25, -0.2) is 0 Å². The summed E-state index contributed by atoms with van der Waals surface area (Å²) < 4.78 is 10.9. The molecule has 0 aliphatic carbocycles. The number of aryl methyl sites for hydroxylation is 1. The van der Waals surface area contributed by atoms with Crippen molar-refractivity contribution in [3.63, 3.8) is 0 Å². The zero-order chi connectivity index (χ0) is 15.2. The Morgan fingerprint density at radius 3 is 2.81 bits per heavy atom. The van der Waals surface area contributed by atoms with Gasteiger partial charge in [-0.1, -0.05) is 11.6 Å². The first-order valence-electron chi connectivity index (χ1n) is 7.29. The first-order valence-corrected chi connectivity index (χ1v) is 7.29. The first kappa shape index (κ1) is 15.6. The van der Waals surface area contributed by atoms with E-state index in [0.29, 0.717) is 13.2 Å². The lowest BCUT2D eigenvalue weighted by atomic mass is 10.00. The van der Waals surface area contributed by atoms with E-state index < -0.39 is 6.10 Å². The van der Waals surface area contributed by atoms with E-state index in [1.54, 1.807) is 6.26 Å². The van der Waals surface area contributed by atoms with Crippen LogP contribution in [0.1, 0.15) is 36.8 Å². The van der Waals surface area contributed by atoms with Crippen molar-refractivity contribution in [3.8, 4) is 5.75 Å². The van der Waals surface area contributed by atoms with Crippen LogP contribution in [0.5, 0.6) is 5.75 Å². The molecule has 2 aromatic rings. The van der Waals surface area contributed by atoms with Crippen LogP contribution in [-0.2, 0) is 6.54 Å². The summed E-state index contributed by atoms with van der Waals surface area (Å²) in [6.07, 6.45) is 1.01. The van der Waals surface area contributed by atoms with Crippen LogP contribution < -0.4 is 10.1 Å². The highest BCUT2D eigenvalue weighted by Crippen LogP contribution is 2.28. The minimum Gasteiger partial charge on any atom is -0.493 e. The van der Waals surface area contributed by atoms with Gasteiger partial charge in [-0.05, 0) is 45.0 Å². The molecule has 1 heterocycles. The summed E-state index contributed by atoms with van der Waals surface area (Å²) in [6.45, 7) is 7.06. The molecule has 0 aliphatic heterocycles. The van der Waals surface area contributed by atoms with Crippen molar-refractivity contribution in [3.05, 3.63) is 53.5 Å². The monoisotopic (exact) mass is 289 g/mol. The highest BCUT2D eigenvalue weighted by molar-refractivity contribution is 5.39.